The number of imidazole rings is 1. The molecule has 2 aromatic rings. The molecule has 1 aliphatic rings. The number of nitrogens with one attached hydrogen (secondary N) is 4. The van der Waals surface area contributed by atoms with E-state index < -0.39 is 23.9 Å². The molecule has 1 aromatic heterocycles. The van der Waals surface area contributed by atoms with Crippen LogP contribution in [0.1, 0.15) is 43.7 Å². The summed E-state index contributed by atoms with van der Waals surface area (Å²) >= 11 is 0. The van der Waals surface area contributed by atoms with Crippen LogP contribution in [0, 0.1) is 23.2 Å². The fourth-order valence-electron chi connectivity index (χ4n) is 3.56. The van der Waals surface area contributed by atoms with Crippen molar-refractivity contribution in [3.8, 4) is 6.07 Å². The summed E-state index contributed by atoms with van der Waals surface area (Å²) in [5.74, 6) is -1.06. The second-order valence-corrected chi connectivity index (χ2v) is 7.96. The summed E-state index contributed by atoms with van der Waals surface area (Å²) in [7, 11) is 0. The third-order valence-electron chi connectivity index (χ3n) is 5.09. The van der Waals surface area contributed by atoms with Crippen LogP contribution in [0.3, 0.4) is 0 Å². The van der Waals surface area contributed by atoms with E-state index in [0.717, 1.165) is 5.52 Å². The maximum atomic E-state index is 12.8. The second-order valence-electron chi connectivity index (χ2n) is 7.96. The van der Waals surface area contributed by atoms with Crippen LogP contribution in [-0.2, 0) is 9.59 Å². The smallest absolute Gasteiger partial charge is 0.287 e. The van der Waals surface area contributed by atoms with Crippen molar-refractivity contribution in [2.45, 2.75) is 45.2 Å². The van der Waals surface area contributed by atoms with Gasteiger partial charge in [0.15, 0.2) is 5.82 Å². The normalized spacial score (nSPS) is 17.9. The second kappa shape index (κ2) is 9.39. The summed E-state index contributed by atoms with van der Waals surface area (Å²) in [6.07, 6.45) is 1.30. The average Bonchev–Trinajstić information content (AvgIpc) is 3.32. The Hall–Kier alpha value is -3.41. The summed E-state index contributed by atoms with van der Waals surface area (Å²) in [5.41, 5.74) is 1.39. The number of hydrogen-bond donors (Lipinski definition) is 4. The van der Waals surface area contributed by atoms with Gasteiger partial charge < -0.3 is 20.9 Å². The van der Waals surface area contributed by atoms with Gasteiger partial charge in [0.2, 0.25) is 11.8 Å². The number of carbonyl (C=O) groups excluding carboxylic acids is 3. The Labute approximate surface area is 174 Å². The molecule has 30 heavy (non-hydrogen) atoms. The molecule has 1 fully saturated rings. The van der Waals surface area contributed by atoms with Crippen LogP contribution in [0.15, 0.2) is 24.3 Å². The highest BCUT2D eigenvalue weighted by atomic mass is 16.2. The van der Waals surface area contributed by atoms with E-state index in [1.807, 2.05) is 38.1 Å². The molecule has 0 spiro atoms. The maximum Gasteiger partial charge on any atom is 0.287 e. The molecule has 9 nitrogen and oxygen atoms in total. The van der Waals surface area contributed by atoms with Crippen molar-refractivity contribution < 1.29 is 14.4 Å². The van der Waals surface area contributed by atoms with Gasteiger partial charge in [-0.3, -0.25) is 14.4 Å². The highest BCUT2D eigenvalue weighted by molar-refractivity contribution is 5.97. The van der Waals surface area contributed by atoms with Crippen LogP contribution in [0.2, 0.25) is 0 Å². The third kappa shape index (κ3) is 5.14. The SMILES string of the molecule is CC(C)C[C@H](NC(=O)c1nc2ccccc2[nH]1)C(=O)N[C@H](C#N)C[C@@H]1CCNC1=O. The molecule has 9 heteroatoms. The molecule has 158 valence electrons. The molecule has 4 N–H and O–H groups in total. The predicted octanol–water partition coefficient (Wildman–Crippen LogP) is 1.24. The summed E-state index contributed by atoms with van der Waals surface area (Å²) in [4.78, 5) is 44.5. The Balaban J connectivity index is 1.67. The van der Waals surface area contributed by atoms with Gasteiger partial charge in [-0.15, -0.1) is 0 Å². The van der Waals surface area contributed by atoms with Crippen LogP contribution >= 0.6 is 0 Å². The third-order valence-corrected chi connectivity index (χ3v) is 5.09. The van der Waals surface area contributed by atoms with Gasteiger partial charge in [0, 0.05) is 12.5 Å². The molecule has 0 saturated carbocycles. The van der Waals surface area contributed by atoms with Gasteiger partial charge in [-0.05, 0) is 37.3 Å². The molecule has 0 aliphatic carbocycles. The minimum absolute atomic E-state index is 0.0959. The molecule has 1 aromatic carbocycles. The van der Waals surface area contributed by atoms with E-state index >= 15 is 0 Å². The lowest BCUT2D eigenvalue weighted by molar-refractivity contribution is -0.125. The lowest BCUT2D eigenvalue weighted by atomic mass is 9.98. The zero-order chi connectivity index (χ0) is 21.7. The lowest BCUT2D eigenvalue weighted by Gasteiger charge is -2.22. The number of nitrogens with zero attached hydrogens (tertiary/aromatic N) is 2. The minimum atomic E-state index is -0.820. The predicted molar refractivity (Wildman–Crippen MR) is 110 cm³/mol. The largest absolute Gasteiger partial charge is 0.356 e. The first-order chi connectivity index (χ1) is 14.4. The molecular formula is C21H26N6O3. The number of carbonyl (C=O) groups is 3. The quantitative estimate of drug-likeness (QED) is 0.518. The number of aromatic amines is 1. The van der Waals surface area contributed by atoms with E-state index in [1.165, 1.54) is 0 Å². The van der Waals surface area contributed by atoms with E-state index in [-0.39, 0.29) is 30.0 Å². The Morgan fingerprint density at radius 1 is 1.30 bits per heavy atom. The van der Waals surface area contributed by atoms with E-state index in [1.54, 1.807) is 6.07 Å². The van der Waals surface area contributed by atoms with Gasteiger partial charge in [-0.1, -0.05) is 26.0 Å². The van der Waals surface area contributed by atoms with Crippen molar-refractivity contribution in [2.24, 2.45) is 11.8 Å². The van der Waals surface area contributed by atoms with E-state index in [4.69, 9.17) is 0 Å². The average molecular weight is 410 g/mol. The standard InChI is InChI=1S/C21H26N6O3/c1-12(2)9-17(20(29)24-14(11-22)10-13-7-8-23-19(13)28)27-21(30)18-25-15-5-3-4-6-16(15)26-18/h3-6,12-14,17H,7-10H2,1-2H3,(H,23,28)(H,24,29)(H,25,26)(H,27,30)/t13-,14-,17-/m0/s1. The van der Waals surface area contributed by atoms with Crippen molar-refractivity contribution in [3.05, 3.63) is 30.1 Å². The highest BCUT2D eigenvalue weighted by Crippen LogP contribution is 2.16. The highest BCUT2D eigenvalue weighted by Gasteiger charge is 2.30. The zero-order valence-corrected chi connectivity index (χ0v) is 17.1. The molecular weight excluding hydrogens is 384 g/mol. The number of fused-ring (bicyclic) bond motifs is 1. The van der Waals surface area contributed by atoms with Gasteiger partial charge in [0.1, 0.15) is 12.1 Å². The Bertz CT molecular complexity index is 944. The van der Waals surface area contributed by atoms with Crippen molar-refractivity contribution in [2.75, 3.05) is 6.54 Å². The van der Waals surface area contributed by atoms with Crippen LogP contribution in [-0.4, -0.2) is 46.3 Å². The summed E-state index contributed by atoms with van der Waals surface area (Å²) in [6.45, 7) is 4.47. The van der Waals surface area contributed by atoms with Crippen LogP contribution in [0.5, 0.6) is 0 Å². The number of para-hydroxylation sites is 2. The van der Waals surface area contributed by atoms with Crippen LogP contribution < -0.4 is 16.0 Å². The van der Waals surface area contributed by atoms with E-state index in [9.17, 15) is 19.6 Å². The van der Waals surface area contributed by atoms with E-state index in [2.05, 4.69) is 25.9 Å². The number of rotatable bonds is 8. The number of H-pyrrole nitrogens is 1. The molecule has 0 radical (unpaired) electrons. The Morgan fingerprint density at radius 2 is 2.07 bits per heavy atom. The molecule has 3 amide bonds. The lowest BCUT2D eigenvalue weighted by Crippen LogP contribution is -2.50. The fraction of sp³-hybridized carbons (Fsp3) is 0.476. The van der Waals surface area contributed by atoms with Crippen molar-refractivity contribution in [1.29, 1.82) is 5.26 Å². The molecule has 1 saturated heterocycles. The Morgan fingerprint density at radius 3 is 2.70 bits per heavy atom. The monoisotopic (exact) mass is 410 g/mol. The summed E-state index contributed by atoms with van der Waals surface area (Å²) < 4.78 is 0. The minimum Gasteiger partial charge on any atom is -0.356 e. The molecule has 0 unspecified atom stereocenters. The Kier molecular flexibility index (Phi) is 6.67. The molecule has 3 atom stereocenters. The van der Waals surface area contributed by atoms with Gasteiger partial charge >= 0.3 is 0 Å². The number of nitriles is 1. The van der Waals surface area contributed by atoms with Crippen molar-refractivity contribution in [1.82, 2.24) is 25.9 Å². The number of hydrogen-bond acceptors (Lipinski definition) is 5. The van der Waals surface area contributed by atoms with Gasteiger partial charge in [0.25, 0.3) is 5.91 Å². The fourth-order valence-corrected chi connectivity index (χ4v) is 3.56. The summed E-state index contributed by atoms with van der Waals surface area (Å²) in [5, 5.41) is 17.6. The van der Waals surface area contributed by atoms with Gasteiger partial charge in [-0.25, -0.2) is 4.98 Å². The maximum absolute atomic E-state index is 12.8. The van der Waals surface area contributed by atoms with E-state index in [0.29, 0.717) is 24.9 Å². The van der Waals surface area contributed by atoms with Crippen LogP contribution in [0.4, 0.5) is 0 Å². The first kappa shape index (κ1) is 21.3. The van der Waals surface area contributed by atoms with Crippen molar-refractivity contribution in [3.63, 3.8) is 0 Å². The topological polar surface area (TPSA) is 140 Å². The number of amides is 3. The summed E-state index contributed by atoms with van der Waals surface area (Å²) in [6, 6.07) is 7.69. The zero-order valence-electron chi connectivity index (χ0n) is 17.1. The van der Waals surface area contributed by atoms with Crippen LogP contribution in [0.25, 0.3) is 11.0 Å². The first-order valence-corrected chi connectivity index (χ1v) is 10.1. The first-order valence-electron chi connectivity index (χ1n) is 10.1. The molecule has 0 bridgehead atoms. The molecule has 2 heterocycles. The van der Waals surface area contributed by atoms with Gasteiger partial charge in [-0.2, -0.15) is 5.26 Å². The number of aromatic nitrogens is 2. The number of benzene rings is 1. The van der Waals surface area contributed by atoms with Gasteiger partial charge in [0.05, 0.1) is 17.1 Å². The van der Waals surface area contributed by atoms with Crippen molar-refractivity contribution >= 4 is 28.8 Å². The molecule has 3 rings (SSSR count). The molecule has 1 aliphatic heterocycles.